The van der Waals surface area contributed by atoms with Crippen LogP contribution in [0.25, 0.3) is 0 Å². The number of rotatable bonds is 1. The lowest BCUT2D eigenvalue weighted by atomic mass is 9.74. The van der Waals surface area contributed by atoms with Gasteiger partial charge in [-0.15, -0.1) is 0 Å². The summed E-state index contributed by atoms with van der Waals surface area (Å²) >= 11 is 6.62. The monoisotopic (exact) mass is 361 g/mol. The number of benzene rings is 1. The van der Waals surface area contributed by atoms with Gasteiger partial charge in [0.1, 0.15) is 5.75 Å². The first-order valence-corrected chi connectivity index (χ1v) is 9.78. The number of ether oxygens (including phenoxy) is 1. The van der Waals surface area contributed by atoms with Crippen molar-refractivity contribution in [3.63, 3.8) is 0 Å². The van der Waals surface area contributed by atoms with Gasteiger partial charge in [0.2, 0.25) is 0 Å². The second-order valence-electron chi connectivity index (χ2n) is 7.84. The Labute approximate surface area is 153 Å². The van der Waals surface area contributed by atoms with Gasteiger partial charge in [-0.1, -0.05) is 11.6 Å². The number of hydrogen-bond donors (Lipinski definition) is 2. The normalized spacial score (nSPS) is 27.3. The fourth-order valence-electron chi connectivity index (χ4n) is 5.01. The Balaban J connectivity index is 1.54. The Morgan fingerprint density at radius 2 is 2.08 bits per heavy atom. The summed E-state index contributed by atoms with van der Waals surface area (Å²) < 4.78 is 6.19. The SMILES string of the molecule is O=C1c2c(Cl)cc3c(c2CN1[C@H]1CCCNC1)OCC31CCNCC1. The maximum atomic E-state index is 13.0. The predicted octanol–water partition coefficient (Wildman–Crippen LogP) is 2.06. The van der Waals surface area contributed by atoms with Gasteiger partial charge in [-0.05, 0) is 51.4 Å². The van der Waals surface area contributed by atoms with E-state index < -0.39 is 0 Å². The molecule has 5 rings (SSSR count). The van der Waals surface area contributed by atoms with Crippen molar-refractivity contribution in [3.8, 4) is 5.75 Å². The van der Waals surface area contributed by atoms with Crippen LogP contribution in [-0.4, -0.2) is 49.6 Å². The molecule has 1 aromatic carbocycles. The van der Waals surface area contributed by atoms with Crippen LogP contribution in [0.1, 0.15) is 47.2 Å². The van der Waals surface area contributed by atoms with E-state index in [1.807, 2.05) is 11.0 Å². The van der Waals surface area contributed by atoms with E-state index in [9.17, 15) is 4.79 Å². The lowest BCUT2D eigenvalue weighted by Gasteiger charge is -2.32. The number of carbonyl (C=O) groups is 1. The van der Waals surface area contributed by atoms with E-state index in [0.29, 0.717) is 17.1 Å². The summed E-state index contributed by atoms with van der Waals surface area (Å²) in [6.07, 6.45) is 4.31. The van der Waals surface area contributed by atoms with Gasteiger partial charge < -0.3 is 20.3 Å². The molecule has 0 radical (unpaired) electrons. The van der Waals surface area contributed by atoms with Crippen molar-refractivity contribution in [2.24, 2.45) is 0 Å². The Hall–Kier alpha value is -1.30. The number of piperidine rings is 2. The molecule has 4 aliphatic heterocycles. The summed E-state index contributed by atoms with van der Waals surface area (Å²) in [4.78, 5) is 15.0. The quantitative estimate of drug-likeness (QED) is 0.804. The predicted molar refractivity (Wildman–Crippen MR) is 96.5 cm³/mol. The first kappa shape index (κ1) is 15.9. The van der Waals surface area contributed by atoms with Gasteiger partial charge in [0.05, 0.1) is 23.7 Å². The molecule has 134 valence electrons. The van der Waals surface area contributed by atoms with Crippen molar-refractivity contribution in [1.29, 1.82) is 0 Å². The van der Waals surface area contributed by atoms with Crippen molar-refractivity contribution in [1.82, 2.24) is 15.5 Å². The lowest BCUT2D eigenvalue weighted by molar-refractivity contribution is 0.0674. The molecule has 1 spiro atoms. The smallest absolute Gasteiger partial charge is 0.256 e. The van der Waals surface area contributed by atoms with E-state index in [1.165, 1.54) is 5.56 Å². The molecule has 0 aromatic heterocycles. The number of carbonyl (C=O) groups excluding carboxylic acids is 1. The molecule has 2 N–H and O–H groups in total. The molecule has 1 amide bonds. The van der Waals surface area contributed by atoms with Crippen LogP contribution in [-0.2, 0) is 12.0 Å². The molecule has 0 unspecified atom stereocenters. The minimum atomic E-state index is 0.0715. The van der Waals surface area contributed by atoms with Crippen LogP contribution < -0.4 is 15.4 Å². The Bertz CT molecular complexity index is 724. The van der Waals surface area contributed by atoms with Crippen LogP contribution in [0, 0.1) is 0 Å². The summed E-state index contributed by atoms with van der Waals surface area (Å²) in [6, 6.07) is 2.28. The lowest BCUT2D eigenvalue weighted by Crippen LogP contribution is -2.46. The minimum Gasteiger partial charge on any atom is -0.492 e. The molecule has 2 fully saturated rings. The zero-order chi connectivity index (χ0) is 17.0. The number of fused-ring (bicyclic) bond motifs is 4. The van der Waals surface area contributed by atoms with Gasteiger partial charge in [0.15, 0.2) is 0 Å². The molecule has 1 aromatic rings. The standard InChI is InChI=1S/C19H24ClN3O2/c20-15-8-14-17(25-11-19(14)3-6-21-7-4-19)13-10-23(18(24)16(13)15)12-2-1-5-22-9-12/h8,12,21-22H,1-7,9-11H2/t12-/m0/s1. The Morgan fingerprint density at radius 1 is 1.24 bits per heavy atom. The third kappa shape index (κ3) is 2.32. The number of hydrogen-bond acceptors (Lipinski definition) is 4. The Morgan fingerprint density at radius 3 is 2.84 bits per heavy atom. The maximum Gasteiger partial charge on any atom is 0.256 e. The molecule has 4 aliphatic rings. The molecular formula is C19H24ClN3O2. The second kappa shape index (κ2) is 5.86. The van der Waals surface area contributed by atoms with Crippen LogP contribution in [0.4, 0.5) is 0 Å². The van der Waals surface area contributed by atoms with E-state index in [0.717, 1.165) is 69.8 Å². The zero-order valence-corrected chi connectivity index (χ0v) is 15.1. The number of amides is 1. The number of halogens is 1. The van der Waals surface area contributed by atoms with Crippen molar-refractivity contribution >= 4 is 17.5 Å². The first-order valence-electron chi connectivity index (χ1n) is 9.41. The molecule has 25 heavy (non-hydrogen) atoms. The molecule has 0 aliphatic carbocycles. The summed E-state index contributed by atoms with van der Waals surface area (Å²) in [7, 11) is 0. The molecule has 4 heterocycles. The van der Waals surface area contributed by atoms with Crippen LogP contribution in [0.2, 0.25) is 5.02 Å². The summed E-state index contributed by atoms with van der Waals surface area (Å²) in [6.45, 7) is 5.29. The van der Waals surface area contributed by atoms with Gasteiger partial charge in [-0.2, -0.15) is 0 Å². The minimum absolute atomic E-state index is 0.0715. The van der Waals surface area contributed by atoms with Crippen molar-refractivity contribution in [2.75, 3.05) is 32.8 Å². The molecule has 2 saturated heterocycles. The zero-order valence-electron chi connectivity index (χ0n) is 14.4. The molecular weight excluding hydrogens is 338 g/mol. The van der Waals surface area contributed by atoms with Crippen molar-refractivity contribution in [2.45, 2.75) is 43.7 Å². The van der Waals surface area contributed by atoms with E-state index >= 15 is 0 Å². The molecule has 0 bridgehead atoms. The second-order valence-corrected chi connectivity index (χ2v) is 8.25. The summed E-state index contributed by atoms with van der Waals surface area (Å²) in [5.41, 5.74) is 3.00. The van der Waals surface area contributed by atoms with Gasteiger partial charge in [-0.25, -0.2) is 0 Å². The van der Waals surface area contributed by atoms with Gasteiger partial charge >= 0.3 is 0 Å². The van der Waals surface area contributed by atoms with Gasteiger partial charge in [0.25, 0.3) is 5.91 Å². The van der Waals surface area contributed by atoms with E-state index in [-0.39, 0.29) is 17.4 Å². The maximum absolute atomic E-state index is 13.0. The summed E-state index contributed by atoms with van der Waals surface area (Å²) in [5.74, 6) is 1.02. The average Bonchev–Trinajstić information content (AvgIpc) is 3.16. The van der Waals surface area contributed by atoms with E-state index in [2.05, 4.69) is 10.6 Å². The van der Waals surface area contributed by atoms with Crippen LogP contribution in [0.3, 0.4) is 0 Å². The Kier molecular flexibility index (Phi) is 3.73. The molecule has 5 nitrogen and oxygen atoms in total. The molecule has 1 atom stereocenters. The highest BCUT2D eigenvalue weighted by Gasteiger charge is 2.46. The topological polar surface area (TPSA) is 53.6 Å². The van der Waals surface area contributed by atoms with Gasteiger partial charge in [-0.3, -0.25) is 4.79 Å². The van der Waals surface area contributed by atoms with Gasteiger partial charge in [0, 0.05) is 29.1 Å². The van der Waals surface area contributed by atoms with Crippen molar-refractivity contribution < 1.29 is 9.53 Å². The van der Waals surface area contributed by atoms with E-state index in [4.69, 9.17) is 16.3 Å². The number of nitrogens with one attached hydrogen (secondary N) is 2. The fraction of sp³-hybridized carbons (Fsp3) is 0.632. The van der Waals surface area contributed by atoms with E-state index in [1.54, 1.807) is 0 Å². The highest BCUT2D eigenvalue weighted by molar-refractivity contribution is 6.34. The number of nitrogens with zero attached hydrogens (tertiary/aromatic N) is 1. The van der Waals surface area contributed by atoms with Crippen molar-refractivity contribution in [3.05, 3.63) is 27.8 Å². The van der Waals surface area contributed by atoms with Crippen LogP contribution >= 0.6 is 11.6 Å². The molecule has 0 saturated carbocycles. The largest absolute Gasteiger partial charge is 0.492 e. The third-order valence-electron chi connectivity index (χ3n) is 6.47. The van der Waals surface area contributed by atoms with Crippen LogP contribution in [0.5, 0.6) is 5.75 Å². The fourth-order valence-corrected chi connectivity index (χ4v) is 5.32. The average molecular weight is 362 g/mol. The summed E-state index contributed by atoms with van der Waals surface area (Å²) in [5, 5.41) is 7.45. The third-order valence-corrected chi connectivity index (χ3v) is 6.77. The molecule has 6 heteroatoms. The van der Waals surface area contributed by atoms with Crippen LogP contribution in [0.15, 0.2) is 6.07 Å². The highest BCUT2D eigenvalue weighted by atomic mass is 35.5. The highest BCUT2D eigenvalue weighted by Crippen LogP contribution is 2.50. The first-order chi connectivity index (χ1) is 12.2.